The minimum absolute atomic E-state index is 0.193. The lowest BCUT2D eigenvalue weighted by Gasteiger charge is -2.05. The smallest absolute Gasteiger partial charge is 0.244 e. The highest BCUT2D eigenvalue weighted by atomic mass is 16.7. The van der Waals surface area contributed by atoms with Crippen LogP contribution >= 0.6 is 0 Å². The minimum Gasteiger partial charge on any atom is -0.495 e. The quantitative estimate of drug-likeness (QED) is 0.651. The van der Waals surface area contributed by atoms with E-state index in [4.69, 9.17) is 19.9 Å². The molecular formula is C18H18N2O4. The highest BCUT2D eigenvalue weighted by Gasteiger charge is 2.13. The van der Waals surface area contributed by atoms with Gasteiger partial charge in [0.05, 0.1) is 12.8 Å². The van der Waals surface area contributed by atoms with Gasteiger partial charge < -0.3 is 25.3 Å². The number of carbonyl (C=O) groups excluding carboxylic acids is 1. The van der Waals surface area contributed by atoms with Gasteiger partial charge in [-0.15, -0.1) is 0 Å². The Morgan fingerprint density at radius 1 is 1.25 bits per heavy atom. The highest BCUT2D eigenvalue weighted by Crippen LogP contribution is 2.32. The molecule has 0 aromatic heterocycles. The molecular weight excluding hydrogens is 308 g/mol. The Kier molecular flexibility index (Phi) is 4.56. The van der Waals surface area contributed by atoms with Crippen LogP contribution in [0.2, 0.25) is 0 Å². The number of ether oxygens (including phenoxy) is 3. The van der Waals surface area contributed by atoms with E-state index in [1.165, 1.54) is 6.08 Å². The number of benzene rings is 2. The predicted molar refractivity (Wildman–Crippen MR) is 90.9 cm³/mol. The molecule has 24 heavy (non-hydrogen) atoms. The Balaban J connectivity index is 1.56. The van der Waals surface area contributed by atoms with Crippen molar-refractivity contribution in [2.45, 2.75) is 6.54 Å². The Morgan fingerprint density at radius 2 is 2.08 bits per heavy atom. The monoisotopic (exact) mass is 326 g/mol. The third-order valence-corrected chi connectivity index (χ3v) is 3.58. The minimum atomic E-state index is -0.193. The third kappa shape index (κ3) is 3.60. The predicted octanol–water partition coefficient (Wildman–Crippen LogP) is 2.34. The fourth-order valence-corrected chi connectivity index (χ4v) is 2.33. The van der Waals surface area contributed by atoms with Crippen molar-refractivity contribution in [3.8, 4) is 17.2 Å². The Labute approximate surface area is 139 Å². The molecule has 2 aromatic rings. The van der Waals surface area contributed by atoms with Gasteiger partial charge in [-0.05, 0) is 41.5 Å². The first-order valence-corrected chi connectivity index (χ1v) is 7.43. The lowest BCUT2D eigenvalue weighted by atomic mass is 10.1. The number of hydrogen-bond donors (Lipinski definition) is 2. The van der Waals surface area contributed by atoms with Crippen LogP contribution in [0, 0.1) is 0 Å². The van der Waals surface area contributed by atoms with Crippen molar-refractivity contribution in [1.82, 2.24) is 5.32 Å². The molecule has 1 amide bonds. The van der Waals surface area contributed by atoms with E-state index >= 15 is 0 Å². The maximum Gasteiger partial charge on any atom is 0.244 e. The second kappa shape index (κ2) is 6.95. The molecule has 3 rings (SSSR count). The van der Waals surface area contributed by atoms with E-state index in [2.05, 4.69) is 5.32 Å². The van der Waals surface area contributed by atoms with Crippen LogP contribution in [0.1, 0.15) is 11.1 Å². The maximum absolute atomic E-state index is 11.9. The molecule has 1 heterocycles. The van der Waals surface area contributed by atoms with Crippen LogP contribution in [0.5, 0.6) is 17.2 Å². The summed E-state index contributed by atoms with van der Waals surface area (Å²) in [5.74, 6) is 1.84. The summed E-state index contributed by atoms with van der Waals surface area (Å²) in [6.45, 7) is 0.642. The van der Waals surface area contributed by atoms with Gasteiger partial charge in [0.15, 0.2) is 11.5 Å². The fourth-order valence-electron chi connectivity index (χ4n) is 2.33. The van der Waals surface area contributed by atoms with Gasteiger partial charge in [-0.1, -0.05) is 12.1 Å². The molecule has 2 aromatic carbocycles. The van der Waals surface area contributed by atoms with Crippen LogP contribution in [0.4, 0.5) is 5.69 Å². The molecule has 0 fully saturated rings. The molecule has 0 radical (unpaired) electrons. The van der Waals surface area contributed by atoms with Crippen molar-refractivity contribution in [3.63, 3.8) is 0 Å². The molecule has 0 saturated heterocycles. The van der Waals surface area contributed by atoms with Gasteiger partial charge in [0, 0.05) is 12.6 Å². The van der Waals surface area contributed by atoms with Crippen LogP contribution in [0.15, 0.2) is 42.5 Å². The van der Waals surface area contributed by atoms with Crippen LogP contribution in [0.3, 0.4) is 0 Å². The summed E-state index contributed by atoms with van der Waals surface area (Å²) in [6, 6.07) is 10.9. The van der Waals surface area contributed by atoms with Crippen molar-refractivity contribution in [3.05, 3.63) is 53.6 Å². The lowest BCUT2D eigenvalue weighted by molar-refractivity contribution is -0.116. The maximum atomic E-state index is 11.9. The van der Waals surface area contributed by atoms with Crippen LogP contribution in [-0.4, -0.2) is 19.8 Å². The molecule has 0 aliphatic carbocycles. The summed E-state index contributed by atoms with van der Waals surface area (Å²) >= 11 is 0. The zero-order valence-corrected chi connectivity index (χ0v) is 13.2. The molecule has 0 unspecified atom stereocenters. The lowest BCUT2D eigenvalue weighted by Crippen LogP contribution is -2.20. The summed E-state index contributed by atoms with van der Waals surface area (Å²) in [6.07, 6.45) is 3.17. The molecule has 3 N–H and O–H groups in total. The number of nitrogens with two attached hydrogens (primary N) is 1. The molecule has 1 aliphatic heterocycles. The summed E-state index contributed by atoms with van der Waals surface area (Å²) in [5.41, 5.74) is 8.13. The number of amides is 1. The molecule has 6 heteroatoms. The van der Waals surface area contributed by atoms with Crippen LogP contribution in [0.25, 0.3) is 6.08 Å². The van der Waals surface area contributed by atoms with E-state index in [0.29, 0.717) is 23.7 Å². The largest absolute Gasteiger partial charge is 0.495 e. The second-order valence-corrected chi connectivity index (χ2v) is 5.24. The van der Waals surface area contributed by atoms with E-state index in [9.17, 15) is 4.79 Å². The molecule has 0 bridgehead atoms. The number of carbonyl (C=O) groups is 1. The number of fused-ring (bicyclic) bond motifs is 1. The van der Waals surface area contributed by atoms with Crippen molar-refractivity contribution in [1.29, 1.82) is 0 Å². The fraction of sp³-hybridized carbons (Fsp3) is 0.167. The molecule has 6 nitrogen and oxygen atoms in total. The zero-order chi connectivity index (χ0) is 16.9. The first-order valence-electron chi connectivity index (χ1n) is 7.43. The number of anilines is 1. The average molecular weight is 326 g/mol. The summed E-state index contributed by atoms with van der Waals surface area (Å²) in [5, 5.41) is 2.82. The normalized spacial score (nSPS) is 12.4. The topological polar surface area (TPSA) is 82.8 Å². The van der Waals surface area contributed by atoms with E-state index < -0.39 is 0 Å². The number of nitrogens with one attached hydrogen (secondary N) is 1. The van der Waals surface area contributed by atoms with Crippen molar-refractivity contribution in [2.75, 3.05) is 19.6 Å². The summed E-state index contributed by atoms with van der Waals surface area (Å²) < 4.78 is 15.7. The van der Waals surface area contributed by atoms with E-state index in [1.807, 2.05) is 24.3 Å². The van der Waals surface area contributed by atoms with Gasteiger partial charge in [-0.25, -0.2) is 0 Å². The summed E-state index contributed by atoms with van der Waals surface area (Å²) in [4.78, 5) is 11.9. The SMILES string of the molecule is COc1ccc(/C=C\C(=O)NCc2ccc3c(c2)OCO3)cc1N. The van der Waals surface area contributed by atoms with Crippen molar-refractivity contribution in [2.24, 2.45) is 0 Å². The molecule has 124 valence electrons. The molecule has 0 spiro atoms. The Hall–Kier alpha value is -3.15. The third-order valence-electron chi connectivity index (χ3n) is 3.58. The second-order valence-electron chi connectivity index (χ2n) is 5.24. The highest BCUT2D eigenvalue weighted by molar-refractivity contribution is 5.91. The summed E-state index contributed by atoms with van der Waals surface area (Å²) in [7, 11) is 1.56. The van der Waals surface area contributed by atoms with Crippen LogP contribution in [-0.2, 0) is 11.3 Å². The van der Waals surface area contributed by atoms with Crippen LogP contribution < -0.4 is 25.3 Å². The van der Waals surface area contributed by atoms with Crippen molar-refractivity contribution < 1.29 is 19.0 Å². The molecule has 0 saturated carbocycles. The van der Waals surface area contributed by atoms with Gasteiger partial charge in [0.25, 0.3) is 0 Å². The van der Waals surface area contributed by atoms with Gasteiger partial charge in [-0.3, -0.25) is 4.79 Å². The van der Waals surface area contributed by atoms with Gasteiger partial charge in [-0.2, -0.15) is 0 Å². The molecule has 0 atom stereocenters. The number of nitrogen functional groups attached to an aromatic ring is 1. The zero-order valence-electron chi connectivity index (χ0n) is 13.2. The van der Waals surface area contributed by atoms with E-state index in [1.54, 1.807) is 25.3 Å². The molecule has 1 aliphatic rings. The first-order chi connectivity index (χ1) is 11.7. The van der Waals surface area contributed by atoms with Gasteiger partial charge in [0.2, 0.25) is 12.7 Å². The number of rotatable bonds is 5. The van der Waals surface area contributed by atoms with Crippen molar-refractivity contribution >= 4 is 17.7 Å². The Morgan fingerprint density at radius 3 is 2.88 bits per heavy atom. The number of methoxy groups -OCH3 is 1. The number of hydrogen-bond acceptors (Lipinski definition) is 5. The standard InChI is InChI=1S/C18H18N2O4/c1-22-15-5-2-12(8-14(15)19)4-7-18(21)20-10-13-3-6-16-17(9-13)24-11-23-16/h2-9H,10-11,19H2,1H3,(H,20,21)/b7-4-. The van der Waals surface area contributed by atoms with Gasteiger partial charge in [0.1, 0.15) is 5.75 Å². The Bertz CT molecular complexity index is 787. The first kappa shape index (κ1) is 15.7. The average Bonchev–Trinajstić information content (AvgIpc) is 3.06. The van der Waals surface area contributed by atoms with Gasteiger partial charge >= 0.3 is 0 Å². The van der Waals surface area contributed by atoms with E-state index in [0.717, 1.165) is 16.9 Å². The van der Waals surface area contributed by atoms with E-state index in [-0.39, 0.29) is 12.7 Å².